The Morgan fingerprint density at radius 2 is 2.05 bits per heavy atom. The zero-order valence-corrected chi connectivity index (χ0v) is 12.3. The maximum absolute atomic E-state index is 13.5. The number of halogens is 1. The smallest absolute Gasteiger partial charge is 0.226 e. The normalized spacial score (nSPS) is 13.2. The van der Waals surface area contributed by atoms with Gasteiger partial charge >= 0.3 is 0 Å². The van der Waals surface area contributed by atoms with E-state index in [9.17, 15) is 9.18 Å². The lowest BCUT2D eigenvalue weighted by atomic mass is 9.91. The minimum atomic E-state index is -0.494. The minimum Gasteiger partial charge on any atom is -0.359 e. The third-order valence-corrected chi connectivity index (χ3v) is 3.39. The molecule has 1 amide bonds. The van der Waals surface area contributed by atoms with Crippen molar-refractivity contribution in [2.24, 2.45) is 5.41 Å². The first-order valence-electron chi connectivity index (χ1n) is 6.49. The van der Waals surface area contributed by atoms with Gasteiger partial charge in [-0.05, 0) is 44.9 Å². The van der Waals surface area contributed by atoms with Crippen molar-refractivity contribution in [1.29, 1.82) is 0 Å². The second-order valence-electron chi connectivity index (χ2n) is 5.57. The highest BCUT2D eigenvalue weighted by atomic mass is 19.1. The van der Waals surface area contributed by atoms with E-state index in [0.29, 0.717) is 12.1 Å². The number of carbonyl (C=O) groups excluding carboxylic acids is 1. The molecule has 0 radical (unpaired) electrons. The van der Waals surface area contributed by atoms with Crippen molar-refractivity contribution in [3.8, 4) is 0 Å². The molecule has 3 nitrogen and oxygen atoms in total. The lowest BCUT2D eigenvalue weighted by molar-refractivity contribution is -0.128. The fourth-order valence-corrected chi connectivity index (χ4v) is 1.82. The van der Waals surface area contributed by atoms with Gasteiger partial charge in [-0.1, -0.05) is 12.1 Å². The van der Waals surface area contributed by atoms with Crippen molar-refractivity contribution >= 4 is 5.91 Å². The van der Waals surface area contributed by atoms with Gasteiger partial charge in [0.15, 0.2) is 0 Å². The van der Waals surface area contributed by atoms with Gasteiger partial charge in [-0.25, -0.2) is 4.39 Å². The molecule has 0 aromatic heterocycles. The first-order valence-corrected chi connectivity index (χ1v) is 6.49. The minimum absolute atomic E-state index is 0.000897. The summed E-state index contributed by atoms with van der Waals surface area (Å²) in [7, 11) is 1.63. The molecule has 19 heavy (non-hydrogen) atoms. The van der Waals surface area contributed by atoms with E-state index in [2.05, 4.69) is 10.6 Å². The molecule has 0 spiro atoms. The Balaban J connectivity index is 2.67. The maximum Gasteiger partial charge on any atom is 0.226 e. The fraction of sp³-hybridized carbons (Fsp3) is 0.533. The SMILES string of the molecule is CNC(=O)C(C)(C)CNC(C)c1ccc(C)c(F)c1. The number of rotatable bonds is 5. The molecule has 0 saturated carbocycles. The van der Waals surface area contributed by atoms with Crippen LogP contribution in [0, 0.1) is 18.2 Å². The average molecular weight is 266 g/mol. The molecule has 0 heterocycles. The Hall–Kier alpha value is -1.42. The number of aryl methyl sites for hydroxylation is 1. The Kier molecular flexibility index (Phi) is 5.06. The van der Waals surface area contributed by atoms with Gasteiger partial charge in [-0.2, -0.15) is 0 Å². The molecule has 4 heteroatoms. The Bertz CT molecular complexity index is 457. The number of benzene rings is 1. The molecule has 1 aromatic carbocycles. The molecule has 1 rings (SSSR count). The highest BCUT2D eigenvalue weighted by Gasteiger charge is 2.26. The number of amides is 1. The first-order chi connectivity index (χ1) is 8.77. The van der Waals surface area contributed by atoms with Crippen LogP contribution in [0.2, 0.25) is 0 Å². The van der Waals surface area contributed by atoms with Crippen LogP contribution >= 0.6 is 0 Å². The summed E-state index contributed by atoms with van der Waals surface area (Å²) in [5.74, 6) is -0.209. The van der Waals surface area contributed by atoms with E-state index in [1.807, 2.05) is 26.8 Å². The monoisotopic (exact) mass is 266 g/mol. The molecule has 0 bridgehead atoms. The van der Waals surface area contributed by atoms with Crippen molar-refractivity contribution in [3.05, 3.63) is 35.1 Å². The van der Waals surface area contributed by atoms with E-state index in [0.717, 1.165) is 5.56 Å². The van der Waals surface area contributed by atoms with Crippen LogP contribution in [-0.2, 0) is 4.79 Å². The standard InChI is InChI=1S/C15H23FN2O/c1-10-6-7-12(8-13(10)16)11(2)18-9-15(3,4)14(19)17-5/h6-8,11,18H,9H2,1-5H3,(H,17,19). The highest BCUT2D eigenvalue weighted by molar-refractivity contribution is 5.81. The van der Waals surface area contributed by atoms with E-state index >= 15 is 0 Å². The predicted molar refractivity (Wildman–Crippen MR) is 75.4 cm³/mol. The van der Waals surface area contributed by atoms with Crippen LogP contribution in [0.25, 0.3) is 0 Å². The quantitative estimate of drug-likeness (QED) is 0.860. The Labute approximate surface area is 114 Å². The molecule has 0 saturated heterocycles. The summed E-state index contributed by atoms with van der Waals surface area (Å²) < 4.78 is 13.5. The molecule has 0 aliphatic carbocycles. The fourth-order valence-electron chi connectivity index (χ4n) is 1.82. The van der Waals surface area contributed by atoms with Crippen LogP contribution in [0.3, 0.4) is 0 Å². The van der Waals surface area contributed by atoms with Crippen LogP contribution < -0.4 is 10.6 Å². The summed E-state index contributed by atoms with van der Waals surface area (Å²) >= 11 is 0. The zero-order valence-electron chi connectivity index (χ0n) is 12.3. The Morgan fingerprint density at radius 3 is 2.58 bits per heavy atom. The van der Waals surface area contributed by atoms with E-state index < -0.39 is 5.41 Å². The van der Waals surface area contributed by atoms with Crippen LogP contribution in [0.1, 0.15) is 37.9 Å². The van der Waals surface area contributed by atoms with Crippen LogP contribution in [-0.4, -0.2) is 19.5 Å². The highest BCUT2D eigenvalue weighted by Crippen LogP contribution is 2.19. The lowest BCUT2D eigenvalue weighted by Crippen LogP contribution is -2.42. The summed E-state index contributed by atoms with van der Waals surface area (Å²) in [5, 5.41) is 5.92. The molecule has 1 unspecified atom stereocenters. The summed E-state index contributed by atoms with van der Waals surface area (Å²) in [6.07, 6.45) is 0. The molecule has 0 aliphatic rings. The maximum atomic E-state index is 13.5. The zero-order chi connectivity index (χ0) is 14.6. The van der Waals surface area contributed by atoms with Gasteiger partial charge in [0, 0.05) is 19.6 Å². The average Bonchev–Trinajstić information content (AvgIpc) is 2.38. The lowest BCUT2D eigenvalue weighted by Gasteiger charge is -2.25. The van der Waals surface area contributed by atoms with Crippen LogP contribution in [0.5, 0.6) is 0 Å². The van der Waals surface area contributed by atoms with E-state index in [1.165, 1.54) is 0 Å². The van der Waals surface area contributed by atoms with Crippen molar-refractivity contribution in [1.82, 2.24) is 10.6 Å². The van der Waals surface area contributed by atoms with Gasteiger partial charge in [-0.15, -0.1) is 0 Å². The molecule has 1 aromatic rings. The van der Waals surface area contributed by atoms with Gasteiger partial charge < -0.3 is 10.6 Å². The molecule has 1 atom stereocenters. The molecule has 0 aliphatic heterocycles. The van der Waals surface area contributed by atoms with Crippen LogP contribution in [0.4, 0.5) is 4.39 Å². The van der Waals surface area contributed by atoms with Crippen molar-refractivity contribution in [2.45, 2.75) is 33.7 Å². The van der Waals surface area contributed by atoms with Gasteiger partial charge in [0.25, 0.3) is 0 Å². The van der Waals surface area contributed by atoms with Crippen molar-refractivity contribution < 1.29 is 9.18 Å². The van der Waals surface area contributed by atoms with E-state index in [4.69, 9.17) is 0 Å². The second-order valence-corrected chi connectivity index (χ2v) is 5.57. The number of hydrogen-bond donors (Lipinski definition) is 2. The van der Waals surface area contributed by atoms with E-state index in [1.54, 1.807) is 26.1 Å². The number of carbonyl (C=O) groups is 1. The molecule has 2 N–H and O–H groups in total. The van der Waals surface area contributed by atoms with Crippen molar-refractivity contribution in [3.63, 3.8) is 0 Å². The topological polar surface area (TPSA) is 41.1 Å². The Morgan fingerprint density at radius 1 is 1.42 bits per heavy atom. The summed E-state index contributed by atoms with van der Waals surface area (Å²) in [6.45, 7) is 7.99. The summed E-state index contributed by atoms with van der Waals surface area (Å²) in [5.41, 5.74) is 1.03. The molecule has 0 fully saturated rings. The summed E-state index contributed by atoms with van der Waals surface area (Å²) in [6, 6.07) is 5.22. The summed E-state index contributed by atoms with van der Waals surface area (Å²) in [4.78, 5) is 11.7. The van der Waals surface area contributed by atoms with E-state index in [-0.39, 0.29) is 17.8 Å². The molecular weight excluding hydrogens is 243 g/mol. The third kappa shape index (κ3) is 4.03. The molecule has 106 valence electrons. The van der Waals surface area contributed by atoms with Crippen LogP contribution in [0.15, 0.2) is 18.2 Å². The van der Waals surface area contributed by atoms with Gasteiger partial charge in [0.05, 0.1) is 5.41 Å². The molecular formula is C15H23FN2O. The van der Waals surface area contributed by atoms with Crippen molar-refractivity contribution in [2.75, 3.05) is 13.6 Å². The largest absolute Gasteiger partial charge is 0.359 e. The second kappa shape index (κ2) is 6.15. The first kappa shape index (κ1) is 15.6. The van der Waals surface area contributed by atoms with Gasteiger partial charge in [-0.3, -0.25) is 4.79 Å². The van der Waals surface area contributed by atoms with Gasteiger partial charge in [0.1, 0.15) is 5.82 Å². The van der Waals surface area contributed by atoms with Gasteiger partial charge in [0.2, 0.25) is 5.91 Å². The third-order valence-electron chi connectivity index (χ3n) is 3.39. The predicted octanol–water partition coefficient (Wildman–Crippen LogP) is 2.56. The number of hydrogen-bond acceptors (Lipinski definition) is 2. The number of nitrogens with one attached hydrogen (secondary N) is 2.